The van der Waals surface area contributed by atoms with Gasteiger partial charge in [-0.15, -0.1) is 0 Å². The zero-order valence-electron chi connectivity index (χ0n) is 52.9. The molecule has 452 valence electrons. The van der Waals surface area contributed by atoms with Gasteiger partial charge >= 0.3 is 0 Å². The second-order valence-electron chi connectivity index (χ2n) is 25.5. The number of ether oxygens (including phenoxy) is 1. The van der Waals surface area contributed by atoms with Crippen molar-refractivity contribution in [3.63, 3.8) is 0 Å². The quantitative estimate of drug-likeness (QED) is 0.120. The molecule has 97 heavy (non-hydrogen) atoms. The van der Waals surface area contributed by atoms with Gasteiger partial charge in [0, 0.05) is 55.3 Å². The standard InChI is InChI=1S/C90H59B2N3OS/c1-6-22-60(23-7-1)64-38-46-70(47-39-64)93(71-48-40-65(41-49-71)61-24-8-2-9-25-61)74-56-83-89-84(57-74)95(73-52-44-67(45-53-73)63-28-12-4-13-29-63)82-59-87-80(58-79(82)91(89)77-34-18-20-36-81(77)94(83)72-50-42-66(43-51-72)62-26-10-3-11-27-62)92-78-35-19-21-37-85(78)96-86-54-69(55-88(97-87)90(86)92)76-33-17-16-32-75(76)68-30-14-5-15-31-68/h1-59H. The van der Waals surface area contributed by atoms with Gasteiger partial charge in [0.25, 0.3) is 13.4 Å². The molecule has 4 aliphatic heterocycles. The maximum Gasteiger partial charge on any atom is 0.253 e. The van der Waals surface area contributed by atoms with Crippen molar-refractivity contribution in [2.75, 3.05) is 14.7 Å². The predicted molar refractivity (Wildman–Crippen MR) is 410 cm³/mol. The highest BCUT2D eigenvalue weighted by atomic mass is 32.2. The van der Waals surface area contributed by atoms with E-state index in [0.29, 0.717) is 0 Å². The van der Waals surface area contributed by atoms with Gasteiger partial charge < -0.3 is 19.4 Å². The Morgan fingerprint density at radius 3 is 1.19 bits per heavy atom. The number of anilines is 9. The highest BCUT2D eigenvalue weighted by Crippen LogP contribution is 2.51. The van der Waals surface area contributed by atoms with E-state index in [2.05, 4.69) is 373 Å². The summed E-state index contributed by atoms with van der Waals surface area (Å²) in [5, 5.41) is 0. The van der Waals surface area contributed by atoms with E-state index in [0.717, 1.165) is 84.9 Å². The van der Waals surface area contributed by atoms with Gasteiger partial charge in [0.05, 0.1) is 5.69 Å². The van der Waals surface area contributed by atoms with Crippen molar-refractivity contribution in [2.24, 2.45) is 0 Å². The first kappa shape index (κ1) is 56.5. The smallest absolute Gasteiger partial charge is 0.253 e. The fourth-order valence-corrected chi connectivity index (χ4v) is 16.7. The number of nitrogens with zero attached hydrogens (tertiary/aromatic N) is 3. The van der Waals surface area contributed by atoms with Gasteiger partial charge in [-0.1, -0.05) is 284 Å². The van der Waals surface area contributed by atoms with Crippen molar-refractivity contribution < 1.29 is 4.74 Å². The third-order valence-corrected chi connectivity index (χ3v) is 21.1. The number of fused-ring (bicyclic) bond motifs is 8. The number of rotatable bonds is 11. The minimum Gasteiger partial charge on any atom is -0.458 e. The monoisotopic (exact) mass is 1250 g/mol. The maximum atomic E-state index is 7.14. The Morgan fingerprint density at radius 2 is 0.660 bits per heavy atom. The van der Waals surface area contributed by atoms with Crippen molar-refractivity contribution in [1.82, 2.24) is 0 Å². The lowest BCUT2D eigenvalue weighted by Crippen LogP contribution is -2.64. The molecule has 0 bridgehead atoms. The molecule has 4 nitrogen and oxygen atoms in total. The van der Waals surface area contributed by atoms with Crippen LogP contribution in [-0.4, -0.2) is 13.4 Å². The Labute approximate surface area is 570 Å². The van der Waals surface area contributed by atoms with Gasteiger partial charge in [-0.25, -0.2) is 0 Å². The van der Waals surface area contributed by atoms with Crippen LogP contribution in [0.3, 0.4) is 0 Å². The molecule has 0 amide bonds. The third-order valence-electron chi connectivity index (χ3n) is 20.0. The summed E-state index contributed by atoms with van der Waals surface area (Å²) >= 11 is 1.87. The molecule has 15 aromatic carbocycles. The van der Waals surface area contributed by atoms with Crippen LogP contribution >= 0.6 is 11.8 Å². The van der Waals surface area contributed by atoms with Crippen LogP contribution in [0, 0.1) is 0 Å². The average Bonchev–Trinajstić information content (AvgIpc) is 0.691. The molecular formula is C90H59B2N3OS. The van der Waals surface area contributed by atoms with Gasteiger partial charge in [0.1, 0.15) is 11.5 Å². The van der Waals surface area contributed by atoms with E-state index in [-0.39, 0.29) is 13.4 Å². The molecule has 0 atom stereocenters. The summed E-state index contributed by atoms with van der Waals surface area (Å²) in [6.45, 7) is -0.262. The molecule has 19 rings (SSSR count). The summed E-state index contributed by atoms with van der Waals surface area (Å²) in [4.78, 5) is 10.0. The lowest BCUT2D eigenvalue weighted by molar-refractivity contribution is 0.486. The molecule has 15 aromatic rings. The summed E-state index contributed by atoms with van der Waals surface area (Å²) in [6.07, 6.45) is 0. The second kappa shape index (κ2) is 23.5. The van der Waals surface area contributed by atoms with E-state index in [1.807, 2.05) is 11.8 Å². The fourth-order valence-electron chi connectivity index (χ4n) is 15.5. The summed E-state index contributed by atoms with van der Waals surface area (Å²) in [6, 6.07) is 132. The number of benzene rings is 15. The van der Waals surface area contributed by atoms with E-state index >= 15 is 0 Å². The first-order valence-electron chi connectivity index (χ1n) is 33.3. The Bertz CT molecular complexity index is 5420. The van der Waals surface area contributed by atoms with Crippen LogP contribution < -0.4 is 52.2 Å². The zero-order chi connectivity index (χ0) is 63.9. The van der Waals surface area contributed by atoms with Crippen LogP contribution in [0.1, 0.15) is 0 Å². The molecule has 0 saturated carbocycles. The molecule has 0 unspecified atom stereocenters. The van der Waals surface area contributed by atoms with Gasteiger partial charge in [0.2, 0.25) is 0 Å². The van der Waals surface area contributed by atoms with Crippen LogP contribution in [0.25, 0.3) is 66.8 Å². The van der Waals surface area contributed by atoms with E-state index in [9.17, 15) is 0 Å². The molecule has 4 aliphatic rings. The number of hydrogen-bond donors (Lipinski definition) is 0. The molecular weight excluding hydrogens is 1190 g/mol. The molecule has 0 radical (unpaired) electrons. The van der Waals surface area contributed by atoms with Crippen molar-refractivity contribution in [3.8, 4) is 78.3 Å². The molecule has 4 heterocycles. The van der Waals surface area contributed by atoms with Crippen LogP contribution in [0.4, 0.5) is 51.2 Å². The predicted octanol–water partition coefficient (Wildman–Crippen LogP) is 20.3. The highest BCUT2D eigenvalue weighted by Gasteiger charge is 2.47. The van der Waals surface area contributed by atoms with E-state index in [1.165, 1.54) is 87.1 Å². The Hall–Kier alpha value is -12.0. The minimum absolute atomic E-state index is 0.0923. The highest BCUT2D eigenvalue weighted by molar-refractivity contribution is 8.00. The van der Waals surface area contributed by atoms with E-state index in [1.54, 1.807) is 0 Å². The molecule has 0 saturated heterocycles. The van der Waals surface area contributed by atoms with Crippen molar-refractivity contribution >= 4 is 109 Å². The average molecular weight is 1250 g/mol. The lowest BCUT2D eigenvalue weighted by atomic mass is 9.31. The largest absolute Gasteiger partial charge is 0.458 e. The number of para-hydroxylation sites is 2. The molecule has 0 N–H and O–H groups in total. The molecule has 0 aliphatic carbocycles. The normalized spacial score (nSPS) is 12.7. The van der Waals surface area contributed by atoms with Crippen LogP contribution in [0.15, 0.2) is 368 Å². The van der Waals surface area contributed by atoms with Gasteiger partial charge in [-0.3, -0.25) is 0 Å². The topological polar surface area (TPSA) is 19.0 Å². The summed E-state index contributed by atoms with van der Waals surface area (Å²) in [5.41, 5.74) is 31.3. The van der Waals surface area contributed by atoms with Gasteiger partial charge in [-0.2, -0.15) is 0 Å². The van der Waals surface area contributed by atoms with Crippen molar-refractivity contribution in [1.29, 1.82) is 0 Å². The second-order valence-corrected chi connectivity index (χ2v) is 26.6. The van der Waals surface area contributed by atoms with Crippen molar-refractivity contribution in [2.45, 2.75) is 9.79 Å². The van der Waals surface area contributed by atoms with Gasteiger partial charge in [0.15, 0.2) is 0 Å². The van der Waals surface area contributed by atoms with Gasteiger partial charge in [-0.05, 0) is 185 Å². The third kappa shape index (κ3) is 9.72. The van der Waals surface area contributed by atoms with E-state index in [4.69, 9.17) is 4.74 Å². The summed E-state index contributed by atoms with van der Waals surface area (Å²) in [5.74, 6) is 1.79. The van der Waals surface area contributed by atoms with Crippen LogP contribution in [0.5, 0.6) is 11.5 Å². The molecule has 7 heteroatoms. The lowest BCUT2D eigenvalue weighted by Gasteiger charge is -2.45. The van der Waals surface area contributed by atoms with Crippen LogP contribution in [0.2, 0.25) is 0 Å². The van der Waals surface area contributed by atoms with E-state index < -0.39 is 0 Å². The summed E-state index contributed by atoms with van der Waals surface area (Å²) in [7, 11) is 0. The SMILES string of the molecule is c1ccc(-c2ccc(N(c3ccc(-c4ccccc4)cc3)c3cc4c5c(c3)N(c3ccc(-c6ccccc6)cc3)c3cc6c(cc3B5c3ccccc3N4c3ccc(-c4ccccc4)cc3)B3c4ccccc4Oc4cc(-c5ccccc5-c5ccccc5)cc(c43)S6)cc2)cc1. The minimum atomic E-state index is -0.170. The maximum absolute atomic E-state index is 7.14. The zero-order valence-corrected chi connectivity index (χ0v) is 53.7. The molecule has 0 fully saturated rings. The Morgan fingerprint density at radius 1 is 0.247 bits per heavy atom. The Kier molecular flexibility index (Phi) is 13.7. The summed E-state index contributed by atoms with van der Waals surface area (Å²) < 4.78 is 7.14. The number of hydrogen-bond acceptors (Lipinski definition) is 5. The first-order valence-corrected chi connectivity index (χ1v) is 34.2. The fraction of sp³-hybridized carbons (Fsp3) is 0. The molecule has 0 spiro atoms. The molecule has 0 aromatic heterocycles. The van der Waals surface area contributed by atoms with Crippen LogP contribution in [-0.2, 0) is 0 Å². The Balaban J connectivity index is 0.870. The van der Waals surface area contributed by atoms with Crippen molar-refractivity contribution in [3.05, 3.63) is 358 Å². The first-order chi connectivity index (χ1) is 48.1.